The van der Waals surface area contributed by atoms with Crippen LogP contribution in [0.5, 0.6) is 5.75 Å². The van der Waals surface area contributed by atoms with Crippen LogP contribution in [0.4, 0.5) is 13.2 Å². The van der Waals surface area contributed by atoms with Gasteiger partial charge in [0, 0.05) is 12.2 Å². The Kier molecular flexibility index (Phi) is 5.08. The lowest BCUT2D eigenvalue weighted by molar-refractivity contribution is -0.153. The molecule has 0 saturated carbocycles. The molecule has 0 spiro atoms. The minimum atomic E-state index is -4.43. The van der Waals surface area contributed by atoms with E-state index in [2.05, 4.69) is 0 Å². The number of ether oxygens (including phenoxy) is 1. The monoisotopic (exact) mass is 310 g/mol. The molecule has 0 fully saturated rings. The third-order valence-electron chi connectivity index (χ3n) is 3.53. The molecule has 118 valence electrons. The summed E-state index contributed by atoms with van der Waals surface area (Å²) in [5, 5.41) is 8.92. The summed E-state index contributed by atoms with van der Waals surface area (Å²) in [6.07, 6.45) is -4.81. The smallest absolute Gasteiger partial charge is 0.395 e. The molecule has 0 aliphatic carbocycles. The van der Waals surface area contributed by atoms with Gasteiger partial charge in [-0.15, -0.1) is 0 Å². The summed E-state index contributed by atoms with van der Waals surface area (Å²) in [5.41, 5.74) is 1.73. The van der Waals surface area contributed by atoms with Gasteiger partial charge in [0.15, 0.2) is 0 Å². The first-order valence-electron chi connectivity index (χ1n) is 6.88. The Hall–Kier alpha value is -2.01. The van der Waals surface area contributed by atoms with Crippen molar-refractivity contribution in [2.45, 2.75) is 18.5 Å². The zero-order valence-electron chi connectivity index (χ0n) is 12.1. The van der Waals surface area contributed by atoms with Crippen LogP contribution in [0.1, 0.15) is 17.9 Å². The summed E-state index contributed by atoms with van der Waals surface area (Å²) in [7, 11) is 1.35. The Morgan fingerprint density at radius 2 is 1.73 bits per heavy atom. The topological polar surface area (TPSA) is 29.5 Å². The summed E-state index contributed by atoms with van der Waals surface area (Å²) >= 11 is 0. The van der Waals surface area contributed by atoms with Gasteiger partial charge < -0.3 is 9.84 Å². The summed E-state index contributed by atoms with van der Waals surface area (Å²) in [5.74, 6) is -1.56. The molecule has 2 aromatic rings. The van der Waals surface area contributed by atoms with Gasteiger partial charge in [-0.2, -0.15) is 13.2 Å². The average molecular weight is 310 g/mol. The Morgan fingerprint density at radius 1 is 1.05 bits per heavy atom. The fourth-order valence-corrected chi connectivity index (χ4v) is 2.43. The lowest BCUT2D eigenvalue weighted by Crippen LogP contribution is -2.22. The van der Waals surface area contributed by atoms with Gasteiger partial charge in [-0.3, -0.25) is 0 Å². The van der Waals surface area contributed by atoms with Crippen LogP contribution >= 0.6 is 0 Å². The van der Waals surface area contributed by atoms with Crippen molar-refractivity contribution in [2.75, 3.05) is 13.7 Å². The maximum atomic E-state index is 13.2. The summed E-state index contributed by atoms with van der Waals surface area (Å²) in [6.45, 7) is -0.534. The molecule has 0 aliphatic heterocycles. The van der Waals surface area contributed by atoms with Gasteiger partial charge in [0.2, 0.25) is 0 Å². The van der Waals surface area contributed by atoms with Crippen molar-refractivity contribution in [2.24, 2.45) is 0 Å². The van der Waals surface area contributed by atoms with E-state index < -0.39 is 18.7 Å². The summed E-state index contributed by atoms with van der Waals surface area (Å²) in [6, 6.07) is 14.0. The van der Waals surface area contributed by atoms with E-state index >= 15 is 0 Å². The molecule has 0 saturated heterocycles. The highest BCUT2D eigenvalue weighted by molar-refractivity contribution is 5.66. The molecule has 0 aliphatic rings. The van der Waals surface area contributed by atoms with Crippen LogP contribution in [0, 0.1) is 0 Å². The quantitative estimate of drug-likeness (QED) is 0.887. The maximum absolute atomic E-state index is 13.2. The van der Waals surface area contributed by atoms with Gasteiger partial charge in [-0.05, 0) is 23.6 Å². The molecule has 1 atom stereocenters. The Labute approximate surface area is 127 Å². The van der Waals surface area contributed by atoms with Gasteiger partial charge in [0.1, 0.15) is 5.75 Å². The number of alkyl halides is 3. The number of halogens is 3. The molecule has 1 N–H and O–H groups in total. The highest BCUT2D eigenvalue weighted by Crippen LogP contribution is 2.42. The van der Waals surface area contributed by atoms with Gasteiger partial charge in [-0.25, -0.2) is 0 Å². The first-order valence-corrected chi connectivity index (χ1v) is 6.88. The predicted octanol–water partition coefficient (Wildman–Crippen LogP) is 4.39. The Bertz CT molecular complexity index is 609. The molecule has 2 aromatic carbocycles. The minimum Gasteiger partial charge on any atom is -0.496 e. The number of hydrogen-bond acceptors (Lipinski definition) is 2. The molecule has 1 unspecified atom stereocenters. The van der Waals surface area contributed by atoms with Crippen molar-refractivity contribution >= 4 is 0 Å². The molecule has 22 heavy (non-hydrogen) atoms. The average Bonchev–Trinajstić information content (AvgIpc) is 2.52. The molecule has 5 heteroatoms. The van der Waals surface area contributed by atoms with E-state index in [4.69, 9.17) is 9.84 Å². The SMILES string of the molecule is COc1cc(-c2ccccc2)ccc1C(CCO)C(F)(F)F. The lowest BCUT2D eigenvalue weighted by atomic mass is 9.92. The normalized spacial score (nSPS) is 13.0. The molecule has 2 nitrogen and oxygen atoms in total. The summed E-state index contributed by atoms with van der Waals surface area (Å²) in [4.78, 5) is 0. The maximum Gasteiger partial charge on any atom is 0.395 e. The number of hydrogen-bond donors (Lipinski definition) is 1. The van der Waals surface area contributed by atoms with Gasteiger partial charge in [0.25, 0.3) is 0 Å². The van der Waals surface area contributed by atoms with Crippen molar-refractivity contribution in [3.8, 4) is 16.9 Å². The van der Waals surface area contributed by atoms with Crippen molar-refractivity contribution in [3.63, 3.8) is 0 Å². The van der Waals surface area contributed by atoms with Crippen LogP contribution in [0.2, 0.25) is 0 Å². The van der Waals surface area contributed by atoms with Crippen molar-refractivity contribution in [1.82, 2.24) is 0 Å². The van der Waals surface area contributed by atoms with E-state index in [1.807, 2.05) is 30.3 Å². The number of rotatable bonds is 5. The third-order valence-corrected chi connectivity index (χ3v) is 3.53. The molecular formula is C17H17F3O2. The highest BCUT2D eigenvalue weighted by Gasteiger charge is 2.41. The van der Waals surface area contributed by atoms with E-state index in [1.54, 1.807) is 12.1 Å². The van der Waals surface area contributed by atoms with E-state index in [-0.39, 0.29) is 17.7 Å². The van der Waals surface area contributed by atoms with Crippen molar-refractivity contribution in [3.05, 3.63) is 54.1 Å². The number of aliphatic hydroxyl groups is 1. The van der Waals surface area contributed by atoms with Gasteiger partial charge >= 0.3 is 6.18 Å². The zero-order valence-corrected chi connectivity index (χ0v) is 12.1. The number of methoxy groups -OCH3 is 1. The molecule has 0 radical (unpaired) electrons. The highest BCUT2D eigenvalue weighted by atomic mass is 19.4. The summed E-state index contributed by atoms with van der Waals surface area (Å²) < 4.78 is 44.6. The second kappa shape index (κ2) is 6.83. The first kappa shape index (κ1) is 16.4. The number of aliphatic hydroxyl groups excluding tert-OH is 1. The molecule has 0 aromatic heterocycles. The van der Waals surface area contributed by atoms with E-state index in [9.17, 15) is 13.2 Å². The number of benzene rings is 2. The van der Waals surface area contributed by atoms with Gasteiger partial charge in [-0.1, -0.05) is 42.5 Å². The lowest BCUT2D eigenvalue weighted by Gasteiger charge is -2.22. The van der Waals surface area contributed by atoms with E-state index in [1.165, 1.54) is 13.2 Å². The molecule has 2 rings (SSSR count). The molecule has 0 heterocycles. The molecule has 0 bridgehead atoms. The largest absolute Gasteiger partial charge is 0.496 e. The van der Waals surface area contributed by atoms with Crippen LogP contribution in [0.3, 0.4) is 0 Å². The fraction of sp³-hybridized carbons (Fsp3) is 0.294. The fourth-order valence-electron chi connectivity index (χ4n) is 2.43. The first-order chi connectivity index (χ1) is 10.5. The standard InChI is InChI=1S/C17H17F3O2/c1-22-16-11-13(12-5-3-2-4-6-12)7-8-14(16)15(9-10-21)17(18,19)20/h2-8,11,15,21H,9-10H2,1H3. The Balaban J connectivity index is 2.45. The second-order valence-corrected chi connectivity index (χ2v) is 4.93. The van der Waals surface area contributed by atoms with Crippen molar-refractivity contribution < 1.29 is 23.0 Å². The van der Waals surface area contributed by atoms with Crippen LogP contribution < -0.4 is 4.74 Å². The van der Waals surface area contributed by atoms with Crippen LogP contribution in [0.15, 0.2) is 48.5 Å². The van der Waals surface area contributed by atoms with E-state index in [0.29, 0.717) is 0 Å². The third kappa shape index (κ3) is 3.60. The van der Waals surface area contributed by atoms with E-state index in [0.717, 1.165) is 11.1 Å². The second-order valence-electron chi connectivity index (χ2n) is 4.93. The van der Waals surface area contributed by atoms with Crippen LogP contribution in [0.25, 0.3) is 11.1 Å². The van der Waals surface area contributed by atoms with Gasteiger partial charge in [0.05, 0.1) is 13.0 Å². The minimum absolute atomic E-state index is 0.0451. The van der Waals surface area contributed by atoms with Crippen LogP contribution in [-0.4, -0.2) is 25.0 Å². The zero-order chi connectivity index (χ0) is 16.2. The van der Waals surface area contributed by atoms with Crippen LogP contribution in [-0.2, 0) is 0 Å². The van der Waals surface area contributed by atoms with Crippen molar-refractivity contribution in [1.29, 1.82) is 0 Å². The Morgan fingerprint density at radius 3 is 2.27 bits per heavy atom. The predicted molar refractivity (Wildman–Crippen MR) is 78.9 cm³/mol. The molecule has 0 amide bonds. The molecular weight excluding hydrogens is 293 g/mol.